The maximum atomic E-state index is 13.6. The number of rotatable bonds is 4. The van der Waals surface area contributed by atoms with E-state index in [1.807, 2.05) is 6.07 Å². The molecule has 0 radical (unpaired) electrons. The van der Waals surface area contributed by atoms with E-state index in [0.29, 0.717) is 12.1 Å². The Morgan fingerprint density at radius 2 is 2.15 bits per heavy atom. The fourth-order valence-corrected chi connectivity index (χ4v) is 2.98. The Balaban J connectivity index is 2.19. The SMILES string of the molecule is CS(=O)(=O)c1ccc(F)c(NCc2cc(C#N)cs2)c1. The minimum absolute atomic E-state index is 0.0605. The Bertz CT molecular complexity index is 776. The highest BCUT2D eigenvalue weighted by atomic mass is 32.2. The van der Waals surface area contributed by atoms with Gasteiger partial charge in [0.2, 0.25) is 0 Å². The first-order valence-electron chi connectivity index (χ1n) is 5.61. The lowest BCUT2D eigenvalue weighted by atomic mass is 10.3. The summed E-state index contributed by atoms with van der Waals surface area (Å²) in [4.78, 5) is 0.927. The first-order valence-corrected chi connectivity index (χ1v) is 8.38. The number of hydrogen-bond acceptors (Lipinski definition) is 5. The minimum Gasteiger partial charge on any atom is -0.378 e. The van der Waals surface area contributed by atoms with Gasteiger partial charge >= 0.3 is 0 Å². The van der Waals surface area contributed by atoms with Gasteiger partial charge in [-0.1, -0.05) is 0 Å². The van der Waals surface area contributed by atoms with Gasteiger partial charge in [0.15, 0.2) is 9.84 Å². The van der Waals surface area contributed by atoms with Crippen LogP contribution in [0, 0.1) is 17.1 Å². The molecule has 0 amide bonds. The lowest BCUT2D eigenvalue weighted by Gasteiger charge is -2.08. The van der Waals surface area contributed by atoms with Gasteiger partial charge in [-0.05, 0) is 24.3 Å². The fourth-order valence-electron chi connectivity index (χ4n) is 1.58. The van der Waals surface area contributed by atoms with Crippen LogP contribution < -0.4 is 5.32 Å². The van der Waals surface area contributed by atoms with E-state index >= 15 is 0 Å². The molecule has 4 nitrogen and oxygen atoms in total. The van der Waals surface area contributed by atoms with Gasteiger partial charge in [-0.2, -0.15) is 5.26 Å². The van der Waals surface area contributed by atoms with Gasteiger partial charge in [0.1, 0.15) is 11.9 Å². The Morgan fingerprint density at radius 1 is 1.40 bits per heavy atom. The van der Waals surface area contributed by atoms with Crippen LogP contribution in [0.15, 0.2) is 34.5 Å². The zero-order valence-corrected chi connectivity index (χ0v) is 12.2. The lowest BCUT2D eigenvalue weighted by molar-refractivity contribution is 0.600. The summed E-state index contributed by atoms with van der Waals surface area (Å²) in [6.45, 7) is 0.330. The van der Waals surface area contributed by atoms with Crippen molar-refractivity contribution in [3.05, 3.63) is 45.9 Å². The normalized spacial score (nSPS) is 11.1. The Morgan fingerprint density at radius 3 is 2.75 bits per heavy atom. The number of anilines is 1. The van der Waals surface area contributed by atoms with Crippen LogP contribution >= 0.6 is 11.3 Å². The van der Waals surface area contributed by atoms with Crippen LogP contribution in [0.3, 0.4) is 0 Å². The molecule has 0 unspecified atom stereocenters. The van der Waals surface area contributed by atoms with Gasteiger partial charge in [0.25, 0.3) is 0 Å². The van der Waals surface area contributed by atoms with Gasteiger partial charge in [0.05, 0.1) is 16.1 Å². The molecule has 0 saturated heterocycles. The van der Waals surface area contributed by atoms with E-state index in [9.17, 15) is 12.8 Å². The highest BCUT2D eigenvalue weighted by Crippen LogP contribution is 2.21. The molecule has 0 saturated carbocycles. The lowest BCUT2D eigenvalue weighted by Crippen LogP contribution is -2.03. The molecule has 0 spiro atoms. The maximum Gasteiger partial charge on any atom is 0.175 e. The van der Waals surface area contributed by atoms with E-state index in [2.05, 4.69) is 5.32 Å². The summed E-state index contributed by atoms with van der Waals surface area (Å²) in [6.07, 6.45) is 1.07. The van der Waals surface area contributed by atoms with Crippen molar-refractivity contribution in [1.29, 1.82) is 5.26 Å². The van der Waals surface area contributed by atoms with Crippen LogP contribution in [-0.4, -0.2) is 14.7 Å². The molecule has 0 aliphatic carbocycles. The number of halogens is 1. The van der Waals surface area contributed by atoms with Crippen molar-refractivity contribution in [2.24, 2.45) is 0 Å². The van der Waals surface area contributed by atoms with E-state index in [1.54, 1.807) is 11.4 Å². The van der Waals surface area contributed by atoms with Crippen LogP contribution in [0.4, 0.5) is 10.1 Å². The van der Waals surface area contributed by atoms with Gasteiger partial charge < -0.3 is 5.32 Å². The number of nitrogens with one attached hydrogen (secondary N) is 1. The predicted octanol–water partition coefficient (Wildman–Crippen LogP) is 2.77. The summed E-state index contributed by atoms with van der Waals surface area (Å²) in [7, 11) is -3.37. The van der Waals surface area contributed by atoms with Crippen molar-refractivity contribution in [3.63, 3.8) is 0 Å². The van der Waals surface area contributed by atoms with Crippen molar-refractivity contribution >= 4 is 26.9 Å². The van der Waals surface area contributed by atoms with Crippen molar-refractivity contribution in [3.8, 4) is 6.07 Å². The molecule has 20 heavy (non-hydrogen) atoms. The number of thiophene rings is 1. The molecule has 1 aromatic heterocycles. The van der Waals surface area contributed by atoms with Crippen molar-refractivity contribution < 1.29 is 12.8 Å². The third-order valence-electron chi connectivity index (χ3n) is 2.60. The average Bonchev–Trinajstić information content (AvgIpc) is 2.84. The Labute approximate surface area is 120 Å². The highest BCUT2D eigenvalue weighted by molar-refractivity contribution is 7.90. The molecule has 7 heteroatoms. The average molecular weight is 310 g/mol. The van der Waals surface area contributed by atoms with Gasteiger partial charge in [-0.3, -0.25) is 0 Å². The molecule has 1 heterocycles. The van der Waals surface area contributed by atoms with Crippen LogP contribution in [0.2, 0.25) is 0 Å². The summed E-state index contributed by atoms with van der Waals surface area (Å²) in [5.41, 5.74) is 0.678. The van der Waals surface area contributed by atoms with Crippen LogP contribution in [0.5, 0.6) is 0 Å². The third-order valence-corrected chi connectivity index (χ3v) is 4.65. The van der Waals surface area contributed by atoms with Gasteiger partial charge in [-0.25, -0.2) is 12.8 Å². The second kappa shape index (κ2) is 5.61. The van der Waals surface area contributed by atoms with Crippen molar-refractivity contribution in [1.82, 2.24) is 0 Å². The van der Waals surface area contributed by atoms with Gasteiger partial charge in [0, 0.05) is 23.1 Å². The van der Waals surface area contributed by atoms with E-state index in [0.717, 1.165) is 17.2 Å². The third kappa shape index (κ3) is 3.35. The van der Waals surface area contributed by atoms with E-state index < -0.39 is 15.7 Å². The Kier molecular flexibility index (Phi) is 4.06. The molecule has 0 bridgehead atoms. The summed E-state index contributed by atoms with van der Waals surface area (Å²) in [5.74, 6) is -0.519. The molecule has 2 rings (SSSR count). The molecular weight excluding hydrogens is 299 g/mol. The summed E-state index contributed by atoms with van der Waals surface area (Å²) in [6, 6.07) is 7.34. The van der Waals surface area contributed by atoms with Crippen LogP contribution in [0.25, 0.3) is 0 Å². The zero-order valence-electron chi connectivity index (χ0n) is 10.6. The van der Waals surface area contributed by atoms with E-state index in [-0.39, 0.29) is 10.6 Å². The largest absolute Gasteiger partial charge is 0.378 e. The van der Waals surface area contributed by atoms with Gasteiger partial charge in [-0.15, -0.1) is 11.3 Å². The summed E-state index contributed by atoms with van der Waals surface area (Å²) < 4.78 is 36.5. The number of sulfone groups is 1. The molecule has 2 aromatic rings. The monoisotopic (exact) mass is 310 g/mol. The minimum atomic E-state index is -3.37. The molecule has 1 aromatic carbocycles. The molecule has 0 fully saturated rings. The fraction of sp³-hybridized carbons (Fsp3) is 0.154. The summed E-state index contributed by atoms with van der Waals surface area (Å²) >= 11 is 1.38. The molecule has 104 valence electrons. The number of nitriles is 1. The quantitative estimate of drug-likeness (QED) is 0.882. The number of hydrogen-bond donors (Lipinski definition) is 1. The second-order valence-electron chi connectivity index (χ2n) is 4.18. The maximum absolute atomic E-state index is 13.6. The topological polar surface area (TPSA) is 70.0 Å². The molecular formula is C13H11FN2O2S2. The molecule has 0 aliphatic rings. The van der Waals surface area contributed by atoms with Crippen molar-refractivity contribution in [2.45, 2.75) is 11.4 Å². The van der Waals surface area contributed by atoms with E-state index in [4.69, 9.17) is 5.26 Å². The first-order chi connectivity index (χ1) is 9.40. The predicted molar refractivity (Wildman–Crippen MR) is 75.9 cm³/mol. The van der Waals surface area contributed by atoms with E-state index in [1.165, 1.54) is 23.5 Å². The highest BCUT2D eigenvalue weighted by Gasteiger charge is 2.11. The molecule has 0 atom stereocenters. The first kappa shape index (κ1) is 14.5. The number of nitrogens with zero attached hydrogens (tertiary/aromatic N) is 1. The Hall–Kier alpha value is -1.91. The van der Waals surface area contributed by atoms with Crippen LogP contribution in [-0.2, 0) is 16.4 Å². The van der Waals surface area contributed by atoms with Crippen LogP contribution in [0.1, 0.15) is 10.4 Å². The number of benzene rings is 1. The second-order valence-corrected chi connectivity index (χ2v) is 7.19. The zero-order chi connectivity index (χ0) is 14.8. The standard InChI is InChI=1S/C13H11FN2O2S2/c1-20(17,18)11-2-3-12(14)13(5-11)16-7-10-4-9(6-15)8-19-10/h2-5,8,16H,7H2,1H3. The van der Waals surface area contributed by atoms with Crippen molar-refractivity contribution in [2.75, 3.05) is 11.6 Å². The smallest absolute Gasteiger partial charge is 0.175 e. The summed E-state index contributed by atoms with van der Waals surface area (Å²) in [5, 5.41) is 13.3. The molecule has 1 N–H and O–H groups in total. The molecule has 0 aliphatic heterocycles.